The Bertz CT molecular complexity index is 557. The van der Waals surface area contributed by atoms with Crippen molar-refractivity contribution in [2.45, 2.75) is 12.0 Å². The summed E-state index contributed by atoms with van der Waals surface area (Å²) in [6, 6.07) is 2.99. The fourth-order valence-corrected chi connectivity index (χ4v) is 2.08. The Hall–Kier alpha value is -1.86. The van der Waals surface area contributed by atoms with Crippen LogP contribution in [0.3, 0.4) is 0 Å². The molecule has 2 atom stereocenters. The summed E-state index contributed by atoms with van der Waals surface area (Å²) >= 11 is 0. The van der Waals surface area contributed by atoms with Gasteiger partial charge in [0.05, 0.1) is 25.3 Å². The third-order valence-electron chi connectivity index (χ3n) is 3.17. The van der Waals surface area contributed by atoms with Gasteiger partial charge in [-0.05, 0) is 19.2 Å². The highest BCUT2D eigenvalue weighted by molar-refractivity contribution is 5.47. The minimum absolute atomic E-state index is 0.0340. The van der Waals surface area contributed by atoms with Gasteiger partial charge in [0.1, 0.15) is 11.5 Å². The van der Waals surface area contributed by atoms with Crippen LogP contribution in [0, 0.1) is 5.82 Å². The lowest BCUT2D eigenvalue weighted by molar-refractivity contribution is 0.185. The lowest BCUT2D eigenvalue weighted by atomic mass is 10.0. The van der Waals surface area contributed by atoms with Crippen molar-refractivity contribution in [2.24, 2.45) is 0 Å². The van der Waals surface area contributed by atoms with Crippen molar-refractivity contribution >= 4 is 0 Å². The SMILES string of the molecule is CNC1COCC1c1nc(-c2ccc(F)cn2)no1. The first-order chi connectivity index (χ1) is 9.28. The van der Waals surface area contributed by atoms with Gasteiger partial charge in [-0.3, -0.25) is 0 Å². The number of hydrogen-bond acceptors (Lipinski definition) is 6. The van der Waals surface area contributed by atoms with E-state index in [9.17, 15) is 4.39 Å². The van der Waals surface area contributed by atoms with Gasteiger partial charge in [-0.25, -0.2) is 9.37 Å². The Morgan fingerprint density at radius 2 is 2.26 bits per heavy atom. The quantitative estimate of drug-likeness (QED) is 0.890. The molecule has 2 aromatic rings. The summed E-state index contributed by atoms with van der Waals surface area (Å²) in [6.07, 6.45) is 1.13. The molecule has 3 rings (SSSR count). The van der Waals surface area contributed by atoms with Crippen molar-refractivity contribution in [2.75, 3.05) is 20.3 Å². The average molecular weight is 264 g/mol. The van der Waals surface area contributed by atoms with Crippen molar-refractivity contribution in [1.29, 1.82) is 0 Å². The first kappa shape index (κ1) is 12.2. The van der Waals surface area contributed by atoms with Gasteiger partial charge in [0.2, 0.25) is 11.7 Å². The average Bonchev–Trinajstić information content (AvgIpc) is 3.07. The van der Waals surface area contributed by atoms with Gasteiger partial charge in [-0.2, -0.15) is 4.98 Å². The third kappa shape index (κ3) is 2.34. The number of halogens is 1. The Kier molecular flexibility index (Phi) is 3.22. The Morgan fingerprint density at radius 1 is 1.37 bits per heavy atom. The van der Waals surface area contributed by atoms with E-state index in [1.807, 2.05) is 7.05 Å². The molecule has 0 aliphatic carbocycles. The van der Waals surface area contributed by atoms with E-state index in [0.29, 0.717) is 30.6 Å². The maximum Gasteiger partial charge on any atom is 0.234 e. The van der Waals surface area contributed by atoms with Crippen molar-refractivity contribution in [1.82, 2.24) is 20.4 Å². The van der Waals surface area contributed by atoms with E-state index in [0.717, 1.165) is 6.20 Å². The third-order valence-corrected chi connectivity index (χ3v) is 3.17. The van der Waals surface area contributed by atoms with Crippen LogP contribution in [0.15, 0.2) is 22.9 Å². The highest BCUT2D eigenvalue weighted by Crippen LogP contribution is 2.25. The zero-order valence-corrected chi connectivity index (χ0v) is 10.3. The van der Waals surface area contributed by atoms with Crippen LogP contribution in [0.4, 0.5) is 4.39 Å². The second-order valence-electron chi connectivity index (χ2n) is 4.36. The Balaban J connectivity index is 1.85. The van der Waals surface area contributed by atoms with Crippen LogP contribution >= 0.6 is 0 Å². The molecule has 0 amide bonds. The van der Waals surface area contributed by atoms with E-state index in [1.165, 1.54) is 12.1 Å². The summed E-state index contributed by atoms with van der Waals surface area (Å²) in [5.74, 6) is 0.508. The molecular weight excluding hydrogens is 251 g/mol. The topological polar surface area (TPSA) is 73.1 Å². The summed E-state index contributed by atoms with van der Waals surface area (Å²) < 4.78 is 23.4. The van der Waals surface area contributed by atoms with Gasteiger partial charge < -0.3 is 14.6 Å². The molecule has 100 valence electrons. The van der Waals surface area contributed by atoms with Crippen LogP contribution in [0.2, 0.25) is 0 Å². The van der Waals surface area contributed by atoms with E-state index in [-0.39, 0.29) is 12.0 Å². The molecule has 2 aromatic heterocycles. The minimum Gasteiger partial charge on any atom is -0.379 e. The molecule has 0 radical (unpaired) electrons. The van der Waals surface area contributed by atoms with E-state index in [2.05, 4.69) is 20.4 Å². The van der Waals surface area contributed by atoms with E-state index >= 15 is 0 Å². The number of nitrogens with one attached hydrogen (secondary N) is 1. The number of ether oxygens (including phenoxy) is 1. The van der Waals surface area contributed by atoms with E-state index in [4.69, 9.17) is 9.26 Å². The van der Waals surface area contributed by atoms with Crippen molar-refractivity contribution in [3.63, 3.8) is 0 Å². The number of pyridine rings is 1. The maximum absolute atomic E-state index is 12.8. The van der Waals surface area contributed by atoms with Crippen LogP contribution in [0.5, 0.6) is 0 Å². The molecule has 2 unspecified atom stereocenters. The normalized spacial score (nSPS) is 22.8. The fraction of sp³-hybridized carbons (Fsp3) is 0.417. The molecule has 1 aliphatic rings. The number of aromatic nitrogens is 3. The second-order valence-corrected chi connectivity index (χ2v) is 4.36. The molecular formula is C12H13FN4O2. The molecule has 0 spiro atoms. The van der Waals surface area contributed by atoms with Gasteiger partial charge in [-0.15, -0.1) is 0 Å². The van der Waals surface area contributed by atoms with E-state index < -0.39 is 5.82 Å². The molecule has 1 fully saturated rings. The summed E-state index contributed by atoms with van der Waals surface area (Å²) in [5.41, 5.74) is 0.483. The zero-order chi connectivity index (χ0) is 13.2. The highest BCUT2D eigenvalue weighted by atomic mass is 19.1. The van der Waals surface area contributed by atoms with Crippen molar-refractivity contribution in [3.05, 3.63) is 30.0 Å². The second kappa shape index (κ2) is 5.02. The molecule has 0 bridgehead atoms. The molecule has 1 N–H and O–H groups in total. The maximum atomic E-state index is 12.8. The predicted molar refractivity (Wildman–Crippen MR) is 63.9 cm³/mol. The van der Waals surface area contributed by atoms with Gasteiger partial charge in [-0.1, -0.05) is 5.16 Å². The minimum atomic E-state index is -0.396. The Labute approximate surface area is 109 Å². The largest absolute Gasteiger partial charge is 0.379 e. The van der Waals surface area contributed by atoms with Gasteiger partial charge in [0.15, 0.2) is 0 Å². The lowest BCUT2D eigenvalue weighted by Crippen LogP contribution is -2.31. The van der Waals surface area contributed by atoms with Crippen molar-refractivity contribution < 1.29 is 13.7 Å². The number of hydrogen-bond donors (Lipinski definition) is 1. The number of rotatable bonds is 3. The molecule has 6 nitrogen and oxygen atoms in total. The molecule has 1 saturated heterocycles. The van der Waals surface area contributed by atoms with Crippen LogP contribution in [0.1, 0.15) is 11.8 Å². The van der Waals surface area contributed by atoms with Gasteiger partial charge >= 0.3 is 0 Å². The van der Waals surface area contributed by atoms with Crippen LogP contribution < -0.4 is 5.32 Å². The molecule has 3 heterocycles. The monoisotopic (exact) mass is 264 g/mol. The van der Waals surface area contributed by atoms with Gasteiger partial charge in [0, 0.05) is 6.04 Å². The first-order valence-corrected chi connectivity index (χ1v) is 5.98. The fourth-order valence-electron chi connectivity index (χ4n) is 2.08. The van der Waals surface area contributed by atoms with Crippen LogP contribution in [0.25, 0.3) is 11.5 Å². The first-order valence-electron chi connectivity index (χ1n) is 5.98. The molecule has 1 aliphatic heterocycles. The molecule has 0 saturated carbocycles. The zero-order valence-electron chi connectivity index (χ0n) is 10.3. The smallest absolute Gasteiger partial charge is 0.234 e. The standard InChI is InChI=1S/C12H13FN4O2/c1-14-10-6-18-5-8(10)12-16-11(17-19-12)9-3-2-7(13)4-15-9/h2-4,8,10,14H,5-6H2,1H3. The van der Waals surface area contributed by atoms with Gasteiger partial charge in [0.25, 0.3) is 0 Å². The number of nitrogens with zero attached hydrogens (tertiary/aromatic N) is 3. The Morgan fingerprint density at radius 3 is 3.00 bits per heavy atom. The van der Waals surface area contributed by atoms with Crippen LogP contribution in [-0.2, 0) is 4.74 Å². The summed E-state index contributed by atoms with van der Waals surface area (Å²) in [4.78, 5) is 8.23. The van der Waals surface area contributed by atoms with E-state index in [1.54, 1.807) is 0 Å². The van der Waals surface area contributed by atoms with Crippen molar-refractivity contribution in [3.8, 4) is 11.5 Å². The summed E-state index contributed by atoms with van der Waals surface area (Å²) in [5, 5.41) is 7.03. The molecule has 19 heavy (non-hydrogen) atoms. The molecule has 7 heteroatoms. The number of likely N-dealkylation sites (N-methyl/N-ethyl adjacent to an activating group) is 1. The highest BCUT2D eigenvalue weighted by Gasteiger charge is 2.33. The predicted octanol–water partition coefficient (Wildman–Crippen LogP) is 0.972. The summed E-state index contributed by atoms with van der Waals surface area (Å²) in [7, 11) is 1.87. The lowest BCUT2D eigenvalue weighted by Gasteiger charge is -2.11. The summed E-state index contributed by atoms with van der Waals surface area (Å²) in [6.45, 7) is 1.16. The molecule has 0 aromatic carbocycles. The van der Waals surface area contributed by atoms with Crippen LogP contribution in [-0.4, -0.2) is 41.4 Å².